The van der Waals surface area contributed by atoms with Crippen molar-refractivity contribution in [1.29, 1.82) is 0 Å². The highest BCUT2D eigenvalue weighted by Gasteiger charge is 2.37. The smallest absolute Gasteiger partial charge is 0.241 e. The molecule has 0 spiro atoms. The second kappa shape index (κ2) is 8.65. The van der Waals surface area contributed by atoms with Gasteiger partial charge < -0.3 is 9.80 Å². The minimum atomic E-state index is -3.63. The van der Waals surface area contributed by atoms with Crippen LogP contribution in [0.25, 0.3) is 0 Å². The standard InChI is InChI=1S/C21H30BrN3O3S/c1-15-4-2-9-24(14-15)10-3-8-23-29(27,28)20-13-19-17(12-18(20)22)7-11-25(19)21(26)16-5-6-16/h12-13,15-16,23H,2-11,14H2,1H3/t15-/m1/s1. The average molecular weight is 484 g/mol. The Morgan fingerprint density at radius 1 is 1.24 bits per heavy atom. The molecule has 1 amide bonds. The molecule has 0 aromatic heterocycles. The summed E-state index contributed by atoms with van der Waals surface area (Å²) in [5.41, 5.74) is 1.79. The van der Waals surface area contributed by atoms with Gasteiger partial charge in [-0.2, -0.15) is 0 Å². The summed E-state index contributed by atoms with van der Waals surface area (Å²) in [5.74, 6) is 0.988. The van der Waals surface area contributed by atoms with Crippen molar-refractivity contribution >= 4 is 37.5 Å². The van der Waals surface area contributed by atoms with Crippen LogP contribution in [0.3, 0.4) is 0 Å². The first-order valence-corrected chi connectivity index (χ1v) is 13.0. The molecule has 2 heterocycles. The predicted molar refractivity (Wildman–Crippen MR) is 118 cm³/mol. The van der Waals surface area contributed by atoms with Gasteiger partial charge in [-0.15, -0.1) is 0 Å². The third-order valence-corrected chi connectivity index (χ3v) is 8.61. The fourth-order valence-electron chi connectivity index (χ4n) is 4.45. The maximum Gasteiger partial charge on any atom is 0.241 e. The molecule has 2 fully saturated rings. The normalized spacial score (nSPS) is 22.7. The van der Waals surface area contributed by atoms with E-state index in [9.17, 15) is 13.2 Å². The third kappa shape index (κ3) is 4.86. The van der Waals surface area contributed by atoms with Gasteiger partial charge >= 0.3 is 0 Å². The number of hydrogen-bond donors (Lipinski definition) is 1. The van der Waals surface area contributed by atoms with Gasteiger partial charge in [0.25, 0.3) is 0 Å². The summed E-state index contributed by atoms with van der Waals surface area (Å²) in [6.07, 6.45) is 5.98. The van der Waals surface area contributed by atoms with Crippen LogP contribution in [0.4, 0.5) is 5.69 Å². The zero-order chi connectivity index (χ0) is 20.6. The number of halogens is 1. The Morgan fingerprint density at radius 2 is 2.03 bits per heavy atom. The van der Waals surface area contributed by atoms with E-state index in [2.05, 4.69) is 32.5 Å². The summed E-state index contributed by atoms with van der Waals surface area (Å²) in [6, 6.07) is 3.53. The zero-order valence-corrected chi connectivity index (χ0v) is 19.4. The van der Waals surface area contributed by atoms with Crippen molar-refractivity contribution < 1.29 is 13.2 Å². The van der Waals surface area contributed by atoms with E-state index in [-0.39, 0.29) is 16.7 Å². The van der Waals surface area contributed by atoms with Crippen molar-refractivity contribution in [2.24, 2.45) is 11.8 Å². The molecule has 160 valence electrons. The van der Waals surface area contributed by atoms with Gasteiger partial charge in [-0.05, 0) is 91.2 Å². The van der Waals surface area contributed by atoms with E-state index in [1.54, 1.807) is 11.0 Å². The fourth-order valence-corrected chi connectivity index (χ4v) is 6.63. The van der Waals surface area contributed by atoms with Crippen molar-refractivity contribution in [2.75, 3.05) is 37.6 Å². The van der Waals surface area contributed by atoms with Crippen LogP contribution < -0.4 is 9.62 Å². The summed E-state index contributed by atoms with van der Waals surface area (Å²) in [6.45, 7) is 6.47. The number of anilines is 1. The number of piperidine rings is 1. The molecule has 3 aliphatic rings. The number of sulfonamides is 1. The molecule has 1 saturated carbocycles. The number of carbonyl (C=O) groups excluding carboxylic acids is 1. The first-order valence-electron chi connectivity index (χ1n) is 10.7. The van der Waals surface area contributed by atoms with Gasteiger partial charge in [-0.1, -0.05) is 6.92 Å². The molecule has 1 atom stereocenters. The largest absolute Gasteiger partial charge is 0.312 e. The molecule has 29 heavy (non-hydrogen) atoms. The quantitative estimate of drug-likeness (QED) is 0.604. The second-order valence-corrected chi connectivity index (χ2v) is 11.3. The molecule has 0 bridgehead atoms. The van der Waals surface area contributed by atoms with Crippen molar-refractivity contribution in [3.63, 3.8) is 0 Å². The van der Waals surface area contributed by atoms with E-state index < -0.39 is 10.0 Å². The first kappa shape index (κ1) is 21.3. The molecule has 6 nitrogen and oxygen atoms in total. The van der Waals surface area contributed by atoms with Crippen LogP contribution in [0.5, 0.6) is 0 Å². The summed E-state index contributed by atoms with van der Waals surface area (Å²) < 4.78 is 29.2. The molecular formula is C21H30BrN3O3S. The van der Waals surface area contributed by atoms with Gasteiger partial charge in [0, 0.05) is 35.7 Å². The number of amides is 1. The van der Waals surface area contributed by atoms with E-state index in [0.29, 0.717) is 17.6 Å². The number of nitrogens with one attached hydrogen (secondary N) is 1. The zero-order valence-electron chi connectivity index (χ0n) is 17.0. The minimum absolute atomic E-state index is 0.125. The van der Waals surface area contributed by atoms with Crippen LogP contribution in [0.2, 0.25) is 0 Å². The lowest BCUT2D eigenvalue weighted by Crippen LogP contribution is -2.36. The fraction of sp³-hybridized carbons (Fsp3) is 0.667. The van der Waals surface area contributed by atoms with Crippen LogP contribution in [0, 0.1) is 11.8 Å². The Kier molecular flexibility index (Phi) is 6.35. The summed E-state index contributed by atoms with van der Waals surface area (Å²) in [4.78, 5) is 17.0. The maximum atomic E-state index is 12.9. The van der Waals surface area contributed by atoms with Gasteiger partial charge in [-0.25, -0.2) is 13.1 Å². The second-order valence-electron chi connectivity index (χ2n) is 8.72. The van der Waals surface area contributed by atoms with Gasteiger partial charge in [0.05, 0.1) is 4.90 Å². The number of rotatable bonds is 7. The van der Waals surface area contributed by atoms with E-state index in [1.807, 2.05) is 6.07 Å². The highest BCUT2D eigenvalue weighted by Crippen LogP contribution is 2.39. The Bertz CT molecular complexity index is 885. The van der Waals surface area contributed by atoms with Crippen molar-refractivity contribution in [2.45, 2.75) is 50.3 Å². The predicted octanol–water partition coefficient (Wildman–Crippen LogP) is 3.15. The molecule has 1 aliphatic carbocycles. The number of likely N-dealkylation sites (tertiary alicyclic amines) is 1. The first-order chi connectivity index (χ1) is 13.8. The van der Waals surface area contributed by atoms with Crippen molar-refractivity contribution in [3.8, 4) is 0 Å². The molecule has 0 unspecified atom stereocenters. The highest BCUT2D eigenvalue weighted by atomic mass is 79.9. The molecule has 4 rings (SSSR count). The molecule has 1 saturated heterocycles. The lowest BCUT2D eigenvalue weighted by molar-refractivity contribution is -0.119. The van der Waals surface area contributed by atoms with Gasteiger partial charge in [-0.3, -0.25) is 4.79 Å². The topological polar surface area (TPSA) is 69.7 Å². The van der Waals surface area contributed by atoms with Crippen LogP contribution >= 0.6 is 15.9 Å². The number of nitrogens with zero attached hydrogens (tertiary/aromatic N) is 2. The van der Waals surface area contributed by atoms with Gasteiger partial charge in [0.1, 0.15) is 0 Å². The molecule has 1 aromatic rings. The summed E-state index contributed by atoms with van der Waals surface area (Å²) in [7, 11) is -3.63. The number of hydrogen-bond acceptors (Lipinski definition) is 4. The van der Waals surface area contributed by atoms with Gasteiger partial charge in [0.15, 0.2) is 0 Å². The van der Waals surface area contributed by atoms with E-state index in [1.165, 1.54) is 12.8 Å². The summed E-state index contributed by atoms with van der Waals surface area (Å²) in [5, 5.41) is 0. The molecule has 1 N–H and O–H groups in total. The van der Waals surface area contributed by atoms with E-state index >= 15 is 0 Å². The third-order valence-electron chi connectivity index (χ3n) is 6.20. The molecule has 1 aromatic carbocycles. The average Bonchev–Trinajstić information content (AvgIpc) is 3.44. The van der Waals surface area contributed by atoms with Crippen LogP contribution in [0.1, 0.15) is 44.6 Å². The van der Waals surface area contributed by atoms with Crippen LogP contribution in [0.15, 0.2) is 21.5 Å². The van der Waals surface area contributed by atoms with Gasteiger partial charge in [0.2, 0.25) is 15.9 Å². The molecular weight excluding hydrogens is 454 g/mol. The molecule has 2 aliphatic heterocycles. The monoisotopic (exact) mass is 483 g/mol. The SMILES string of the molecule is C[C@@H]1CCCN(CCCNS(=O)(=O)c2cc3c(cc2Br)CCN3C(=O)C2CC2)C1. The number of carbonyl (C=O) groups is 1. The van der Waals surface area contributed by atoms with Crippen molar-refractivity contribution in [3.05, 3.63) is 22.2 Å². The Morgan fingerprint density at radius 3 is 2.76 bits per heavy atom. The minimum Gasteiger partial charge on any atom is -0.312 e. The Balaban J connectivity index is 1.40. The molecule has 0 radical (unpaired) electrons. The summed E-state index contributed by atoms with van der Waals surface area (Å²) >= 11 is 3.43. The van der Waals surface area contributed by atoms with Crippen LogP contribution in [-0.2, 0) is 21.2 Å². The highest BCUT2D eigenvalue weighted by molar-refractivity contribution is 9.10. The van der Waals surface area contributed by atoms with E-state index in [0.717, 1.165) is 62.5 Å². The maximum absolute atomic E-state index is 12.9. The van der Waals surface area contributed by atoms with Crippen LogP contribution in [-0.4, -0.2) is 51.9 Å². The Labute approximate surface area is 182 Å². The lowest BCUT2D eigenvalue weighted by atomic mass is 10.0. The number of fused-ring (bicyclic) bond motifs is 1. The van der Waals surface area contributed by atoms with Crippen molar-refractivity contribution in [1.82, 2.24) is 9.62 Å². The Hall–Kier alpha value is -0.960. The number of benzene rings is 1. The molecule has 8 heteroatoms. The lowest BCUT2D eigenvalue weighted by Gasteiger charge is -2.30. The van der Waals surface area contributed by atoms with E-state index in [4.69, 9.17) is 0 Å².